The fourth-order valence-electron chi connectivity index (χ4n) is 2.54. The second kappa shape index (κ2) is 7.76. The smallest absolute Gasteiger partial charge is 0.254 e. The lowest BCUT2D eigenvalue weighted by atomic mass is 10.1. The zero-order chi connectivity index (χ0) is 16.8. The molecule has 124 valence electrons. The van der Waals surface area contributed by atoms with Crippen LogP contribution in [0, 0.1) is 0 Å². The van der Waals surface area contributed by atoms with E-state index in [2.05, 4.69) is 0 Å². The summed E-state index contributed by atoms with van der Waals surface area (Å²) in [6, 6.07) is 7.05. The molecule has 6 heteroatoms. The predicted octanol–water partition coefficient (Wildman–Crippen LogP) is 1.35. The molecule has 0 atom stereocenters. The number of carbonyl (C=O) groups excluding carboxylic acids is 3. The number of hydrogen-bond acceptors (Lipinski definition) is 4. The molecule has 1 aliphatic rings. The largest absolute Gasteiger partial charge is 0.497 e. The van der Waals surface area contributed by atoms with Gasteiger partial charge in [0.25, 0.3) is 5.91 Å². The third-order valence-corrected chi connectivity index (χ3v) is 3.93. The van der Waals surface area contributed by atoms with Crippen molar-refractivity contribution in [3.05, 3.63) is 29.8 Å². The van der Waals surface area contributed by atoms with Crippen LogP contribution < -0.4 is 4.74 Å². The molecule has 0 N–H and O–H groups in total. The maximum absolute atomic E-state index is 12.5. The third-order valence-electron chi connectivity index (χ3n) is 3.93. The van der Waals surface area contributed by atoms with Crippen molar-refractivity contribution in [3.63, 3.8) is 0 Å². The molecule has 1 saturated heterocycles. The SMILES string of the molecule is COc1cccc(C(=O)N2CCN(C(=O)CCC(C)=O)CC2)c1. The Kier molecular flexibility index (Phi) is 5.73. The first-order chi connectivity index (χ1) is 11.0. The fourth-order valence-corrected chi connectivity index (χ4v) is 2.54. The lowest BCUT2D eigenvalue weighted by molar-refractivity contribution is -0.134. The summed E-state index contributed by atoms with van der Waals surface area (Å²) < 4.78 is 5.14. The van der Waals surface area contributed by atoms with Crippen LogP contribution >= 0.6 is 0 Å². The highest BCUT2D eigenvalue weighted by Gasteiger charge is 2.24. The first-order valence-corrected chi connectivity index (χ1v) is 7.72. The average molecular weight is 318 g/mol. The van der Waals surface area contributed by atoms with Gasteiger partial charge in [0, 0.05) is 44.6 Å². The summed E-state index contributed by atoms with van der Waals surface area (Å²) in [6.07, 6.45) is 0.529. The van der Waals surface area contributed by atoms with Crippen LogP contribution in [0.4, 0.5) is 0 Å². The highest BCUT2D eigenvalue weighted by Crippen LogP contribution is 2.16. The first kappa shape index (κ1) is 17.0. The van der Waals surface area contributed by atoms with Crippen molar-refractivity contribution >= 4 is 17.6 Å². The topological polar surface area (TPSA) is 66.9 Å². The van der Waals surface area contributed by atoms with Gasteiger partial charge in [-0.25, -0.2) is 0 Å². The number of nitrogens with zero attached hydrogens (tertiary/aromatic N) is 2. The van der Waals surface area contributed by atoms with Crippen molar-refractivity contribution in [2.24, 2.45) is 0 Å². The van der Waals surface area contributed by atoms with E-state index >= 15 is 0 Å². The van der Waals surface area contributed by atoms with Crippen molar-refractivity contribution in [3.8, 4) is 5.75 Å². The minimum Gasteiger partial charge on any atom is -0.497 e. The van der Waals surface area contributed by atoms with E-state index in [9.17, 15) is 14.4 Å². The van der Waals surface area contributed by atoms with E-state index < -0.39 is 0 Å². The number of methoxy groups -OCH3 is 1. The highest BCUT2D eigenvalue weighted by molar-refractivity contribution is 5.94. The van der Waals surface area contributed by atoms with E-state index in [-0.39, 0.29) is 30.4 Å². The first-order valence-electron chi connectivity index (χ1n) is 7.72. The Bertz CT molecular complexity index is 592. The maximum atomic E-state index is 12.5. The standard InChI is InChI=1S/C17H22N2O4/c1-13(20)6-7-16(21)18-8-10-19(11-9-18)17(22)14-4-3-5-15(12-14)23-2/h3-5,12H,6-11H2,1-2H3. The Morgan fingerprint density at radius 2 is 1.70 bits per heavy atom. The molecule has 0 unspecified atom stereocenters. The Labute approximate surface area is 136 Å². The molecule has 0 radical (unpaired) electrons. The van der Waals surface area contributed by atoms with Crippen LogP contribution in [-0.2, 0) is 9.59 Å². The second-order valence-corrected chi connectivity index (χ2v) is 5.61. The van der Waals surface area contributed by atoms with Gasteiger partial charge < -0.3 is 19.3 Å². The summed E-state index contributed by atoms with van der Waals surface area (Å²) in [5.41, 5.74) is 0.584. The number of hydrogen-bond donors (Lipinski definition) is 0. The number of rotatable bonds is 5. The van der Waals surface area contributed by atoms with Gasteiger partial charge in [-0.3, -0.25) is 9.59 Å². The van der Waals surface area contributed by atoms with Crippen LogP contribution in [0.5, 0.6) is 5.75 Å². The monoisotopic (exact) mass is 318 g/mol. The zero-order valence-corrected chi connectivity index (χ0v) is 13.6. The maximum Gasteiger partial charge on any atom is 0.254 e. The van der Waals surface area contributed by atoms with E-state index in [1.165, 1.54) is 6.92 Å². The Hall–Kier alpha value is -2.37. The number of ketones is 1. The molecule has 1 aromatic carbocycles. The lowest BCUT2D eigenvalue weighted by Crippen LogP contribution is -2.50. The molecular formula is C17H22N2O4. The molecule has 23 heavy (non-hydrogen) atoms. The van der Waals surface area contributed by atoms with Crippen molar-refractivity contribution in [1.29, 1.82) is 0 Å². The molecule has 6 nitrogen and oxygen atoms in total. The van der Waals surface area contributed by atoms with Crippen LogP contribution in [0.25, 0.3) is 0 Å². The van der Waals surface area contributed by atoms with Gasteiger partial charge >= 0.3 is 0 Å². The third kappa shape index (κ3) is 4.55. The van der Waals surface area contributed by atoms with E-state index in [1.54, 1.807) is 41.2 Å². The van der Waals surface area contributed by atoms with Crippen LogP contribution in [0.1, 0.15) is 30.1 Å². The molecule has 2 amide bonds. The Balaban J connectivity index is 1.89. The summed E-state index contributed by atoms with van der Waals surface area (Å²) in [5.74, 6) is 0.590. The minimum absolute atomic E-state index is 0.0187. The molecule has 1 heterocycles. The molecule has 1 aliphatic heterocycles. The zero-order valence-electron chi connectivity index (χ0n) is 13.6. The minimum atomic E-state index is -0.0558. The highest BCUT2D eigenvalue weighted by atomic mass is 16.5. The summed E-state index contributed by atoms with van der Waals surface area (Å²) >= 11 is 0. The van der Waals surface area contributed by atoms with Crippen molar-refractivity contribution in [2.75, 3.05) is 33.3 Å². The van der Waals surface area contributed by atoms with Gasteiger partial charge in [0.05, 0.1) is 7.11 Å². The van der Waals surface area contributed by atoms with Crippen LogP contribution in [0.2, 0.25) is 0 Å². The molecule has 0 spiro atoms. The number of amides is 2. The van der Waals surface area contributed by atoms with Crippen molar-refractivity contribution in [2.45, 2.75) is 19.8 Å². The number of benzene rings is 1. The van der Waals surface area contributed by atoms with Gasteiger partial charge in [-0.2, -0.15) is 0 Å². The summed E-state index contributed by atoms with van der Waals surface area (Å²) in [6.45, 7) is 3.50. The number of Topliss-reactive ketones (excluding diaryl/α,β-unsaturated/α-hetero) is 1. The van der Waals surface area contributed by atoms with E-state index in [0.717, 1.165) is 0 Å². The molecule has 1 aromatic rings. The van der Waals surface area contributed by atoms with Gasteiger partial charge in [0.15, 0.2) is 0 Å². The molecule has 0 bridgehead atoms. The van der Waals surface area contributed by atoms with Crippen molar-refractivity contribution < 1.29 is 19.1 Å². The van der Waals surface area contributed by atoms with Crippen LogP contribution in [0.15, 0.2) is 24.3 Å². The molecule has 1 fully saturated rings. The Morgan fingerprint density at radius 1 is 1.04 bits per heavy atom. The van der Waals surface area contributed by atoms with Crippen LogP contribution in [0.3, 0.4) is 0 Å². The second-order valence-electron chi connectivity index (χ2n) is 5.61. The normalized spacial score (nSPS) is 14.5. The molecule has 0 saturated carbocycles. The summed E-state index contributed by atoms with van der Waals surface area (Å²) in [4.78, 5) is 38.9. The van der Waals surface area contributed by atoms with Gasteiger partial charge in [-0.1, -0.05) is 6.07 Å². The van der Waals surface area contributed by atoms with Crippen molar-refractivity contribution in [1.82, 2.24) is 9.80 Å². The summed E-state index contributed by atoms with van der Waals surface area (Å²) in [7, 11) is 1.56. The van der Waals surface area contributed by atoms with E-state index in [1.807, 2.05) is 0 Å². The number of carbonyl (C=O) groups is 3. The van der Waals surface area contributed by atoms with Gasteiger partial charge in [0.2, 0.25) is 5.91 Å². The number of piperazine rings is 1. The quantitative estimate of drug-likeness (QED) is 0.822. The molecule has 0 aromatic heterocycles. The molecule has 2 rings (SSSR count). The molecule has 0 aliphatic carbocycles. The van der Waals surface area contributed by atoms with Crippen LogP contribution in [-0.4, -0.2) is 60.7 Å². The van der Waals surface area contributed by atoms with Gasteiger partial charge in [-0.15, -0.1) is 0 Å². The Morgan fingerprint density at radius 3 is 2.30 bits per heavy atom. The molecular weight excluding hydrogens is 296 g/mol. The van der Waals surface area contributed by atoms with E-state index in [4.69, 9.17) is 4.74 Å². The predicted molar refractivity (Wildman–Crippen MR) is 85.4 cm³/mol. The van der Waals surface area contributed by atoms with Gasteiger partial charge in [-0.05, 0) is 25.1 Å². The average Bonchev–Trinajstić information content (AvgIpc) is 2.59. The lowest BCUT2D eigenvalue weighted by Gasteiger charge is -2.35. The van der Waals surface area contributed by atoms with E-state index in [0.29, 0.717) is 37.5 Å². The fraction of sp³-hybridized carbons (Fsp3) is 0.471. The number of ether oxygens (including phenoxy) is 1. The summed E-state index contributed by atoms with van der Waals surface area (Å²) in [5, 5.41) is 0. The van der Waals surface area contributed by atoms with Gasteiger partial charge in [0.1, 0.15) is 11.5 Å².